The van der Waals surface area contributed by atoms with Crippen molar-refractivity contribution in [1.82, 2.24) is 9.88 Å². The fraction of sp³-hybridized carbons (Fsp3) is 0.500. The van der Waals surface area contributed by atoms with Crippen LogP contribution in [0.15, 0.2) is 24.4 Å². The summed E-state index contributed by atoms with van der Waals surface area (Å²) in [6, 6.07) is 6.93. The third kappa shape index (κ3) is 2.80. The maximum atomic E-state index is 6.06. The van der Waals surface area contributed by atoms with E-state index in [-0.39, 0.29) is 0 Å². The number of hydrogen-bond acceptors (Lipinski definition) is 1. The standard InChI is InChI=1S/C16H21ClN2/c1-19-11-12(8-9-18-14-4-2-3-5-14)15-7-6-13(17)10-16(15)19/h6-7,10-11,14,18H,2-5,8-9H2,1H3. The van der Waals surface area contributed by atoms with Gasteiger partial charge in [-0.05, 0) is 43.5 Å². The highest BCUT2D eigenvalue weighted by molar-refractivity contribution is 6.31. The second kappa shape index (κ2) is 5.56. The van der Waals surface area contributed by atoms with Gasteiger partial charge >= 0.3 is 0 Å². The predicted octanol–water partition coefficient (Wildman–Crippen LogP) is 3.91. The molecular formula is C16H21ClN2. The Morgan fingerprint density at radius 3 is 2.89 bits per heavy atom. The SMILES string of the molecule is Cn1cc(CCNC2CCCC2)c2ccc(Cl)cc21. The molecule has 1 aromatic heterocycles. The van der Waals surface area contributed by atoms with Gasteiger partial charge in [-0.1, -0.05) is 30.5 Å². The van der Waals surface area contributed by atoms with E-state index >= 15 is 0 Å². The molecule has 1 aliphatic carbocycles. The van der Waals surface area contributed by atoms with Gasteiger partial charge in [-0.2, -0.15) is 0 Å². The first-order valence-corrected chi connectivity index (χ1v) is 7.58. The highest BCUT2D eigenvalue weighted by Gasteiger charge is 2.14. The minimum atomic E-state index is 0.754. The summed E-state index contributed by atoms with van der Waals surface area (Å²) in [6.07, 6.45) is 8.82. The van der Waals surface area contributed by atoms with Crippen molar-refractivity contribution in [3.8, 4) is 0 Å². The van der Waals surface area contributed by atoms with Crippen molar-refractivity contribution in [2.75, 3.05) is 6.54 Å². The number of rotatable bonds is 4. The molecule has 1 N–H and O–H groups in total. The molecule has 0 radical (unpaired) electrons. The molecule has 0 aliphatic heterocycles. The van der Waals surface area contributed by atoms with Crippen LogP contribution in [0.25, 0.3) is 10.9 Å². The largest absolute Gasteiger partial charge is 0.350 e. The number of benzene rings is 1. The Kier molecular flexibility index (Phi) is 3.81. The summed E-state index contributed by atoms with van der Waals surface area (Å²) in [7, 11) is 2.09. The average molecular weight is 277 g/mol. The van der Waals surface area contributed by atoms with E-state index in [9.17, 15) is 0 Å². The predicted molar refractivity (Wildman–Crippen MR) is 81.9 cm³/mol. The van der Waals surface area contributed by atoms with Crippen LogP contribution in [-0.4, -0.2) is 17.2 Å². The van der Waals surface area contributed by atoms with Gasteiger partial charge < -0.3 is 9.88 Å². The molecule has 0 saturated heterocycles. The van der Waals surface area contributed by atoms with E-state index < -0.39 is 0 Å². The Hall–Kier alpha value is -0.990. The van der Waals surface area contributed by atoms with E-state index in [0.717, 1.165) is 24.0 Å². The summed E-state index contributed by atoms with van der Waals surface area (Å²) in [4.78, 5) is 0. The second-order valence-electron chi connectivity index (χ2n) is 5.61. The van der Waals surface area contributed by atoms with Crippen LogP contribution < -0.4 is 5.32 Å². The van der Waals surface area contributed by atoms with Gasteiger partial charge in [-0.15, -0.1) is 0 Å². The molecule has 102 valence electrons. The Bertz CT molecular complexity index is 567. The summed E-state index contributed by atoms with van der Waals surface area (Å²) < 4.78 is 2.17. The van der Waals surface area contributed by atoms with Crippen molar-refractivity contribution in [2.24, 2.45) is 7.05 Å². The van der Waals surface area contributed by atoms with Gasteiger partial charge in [0.25, 0.3) is 0 Å². The van der Waals surface area contributed by atoms with Crippen LogP contribution >= 0.6 is 11.6 Å². The molecule has 2 nitrogen and oxygen atoms in total. The van der Waals surface area contributed by atoms with Crippen molar-refractivity contribution >= 4 is 22.5 Å². The molecule has 3 rings (SSSR count). The molecular weight excluding hydrogens is 256 g/mol. The van der Waals surface area contributed by atoms with E-state index in [1.807, 2.05) is 12.1 Å². The minimum absolute atomic E-state index is 0.754. The number of nitrogens with one attached hydrogen (secondary N) is 1. The Morgan fingerprint density at radius 1 is 1.32 bits per heavy atom. The topological polar surface area (TPSA) is 17.0 Å². The lowest BCUT2D eigenvalue weighted by Crippen LogP contribution is -2.27. The summed E-state index contributed by atoms with van der Waals surface area (Å²) >= 11 is 6.06. The number of fused-ring (bicyclic) bond motifs is 1. The van der Waals surface area contributed by atoms with Crippen molar-refractivity contribution in [3.63, 3.8) is 0 Å². The van der Waals surface area contributed by atoms with Crippen molar-refractivity contribution in [2.45, 2.75) is 38.1 Å². The van der Waals surface area contributed by atoms with Crippen LogP contribution in [-0.2, 0) is 13.5 Å². The fourth-order valence-corrected chi connectivity index (χ4v) is 3.35. The van der Waals surface area contributed by atoms with Gasteiger partial charge in [0.1, 0.15) is 0 Å². The van der Waals surface area contributed by atoms with E-state index in [1.54, 1.807) is 0 Å². The van der Waals surface area contributed by atoms with Gasteiger partial charge in [0.2, 0.25) is 0 Å². The first-order valence-electron chi connectivity index (χ1n) is 7.21. The molecule has 0 spiro atoms. The highest BCUT2D eigenvalue weighted by Crippen LogP contribution is 2.24. The van der Waals surface area contributed by atoms with Gasteiger partial charge in [0.05, 0.1) is 0 Å². The van der Waals surface area contributed by atoms with Gasteiger partial charge in [-0.25, -0.2) is 0 Å². The first kappa shape index (κ1) is 13.0. The monoisotopic (exact) mass is 276 g/mol. The van der Waals surface area contributed by atoms with Crippen molar-refractivity contribution in [1.29, 1.82) is 0 Å². The zero-order valence-electron chi connectivity index (χ0n) is 11.5. The molecule has 0 bridgehead atoms. The first-order chi connectivity index (χ1) is 9.24. The third-order valence-corrected chi connectivity index (χ3v) is 4.45. The zero-order chi connectivity index (χ0) is 13.2. The summed E-state index contributed by atoms with van der Waals surface area (Å²) in [5.41, 5.74) is 2.64. The Balaban J connectivity index is 1.70. The molecule has 1 saturated carbocycles. The van der Waals surface area contributed by atoms with Crippen LogP contribution in [0.3, 0.4) is 0 Å². The van der Waals surface area contributed by atoms with E-state index in [1.165, 1.54) is 42.1 Å². The molecule has 1 aliphatic rings. The third-order valence-electron chi connectivity index (χ3n) is 4.22. The average Bonchev–Trinajstić information content (AvgIpc) is 2.99. The molecule has 1 heterocycles. The van der Waals surface area contributed by atoms with Crippen LogP contribution in [0, 0.1) is 0 Å². The number of hydrogen-bond donors (Lipinski definition) is 1. The fourth-order valence-electron chi connectivity index (χ4n) is 3.18. The van der Waals surface area contributed by atoms with E-state index in [2.05, 4.69) is 29.2 Å². The molecule has 0 atom stereocenters. The number of aryl methyl sites for hydroxylation is 1. The lowest BCUT2D eigenvalue weighted by molar-refractivity contribution is 0.528. The Morgan fingerprint density at radius 2 is 2.11 bits per heavy atom. The maximum absolute atomic E-state index is 6.06. The summed E-state index contributed by atoms with van der Waals surface area (Å²) in [5, 5.41) is 5.82. The van der Waals surface area contributed by atoms with Gasteiger partial charge in [-0.3, -0.25) is 0 Å². The van der Waals surface area contributed by atoms with Crippen molar-refractivity contribution in [3.05, 3.63) is 35.0 Å². The maximum Gasteiger partial charge on any atom is 0.0495 e. The molecule has 19 heavy (non-hydrogen) atoms. The van der Waals surface area contributed by atoms with Crippen LogP contribution in [0.4, 0.5) is 0 Å². The summed E-state index contributed by atoms with van der Waals surface area (Å²) in [6.45, 7) is 1.08. The molecule has 0 unspecified atom stereocenters. The number of nitrogens with zero attached hydrogens (tertiary/aromatic N) is 1. The summed E-state index contributed by atoms with van der Waals surface area (Å²) in [5.74, 6) is 0. The minimum Gasteiger partial charge on any atom is -0.350 e. The van der Waals surface area contributed by atoms with E-state index in [0.29, 0.717) is 0 Å². The smallest absolute Gasteiger partial charge is 0.0495 e. The second-order valence-corrected chi connectivity index (χ2v) is 6.05. The van der Waals surface area contributed by atoms with Gasteiger partial charge in [0.15, 0.2) is 0 Å². The lowest BCUT2D eigenvalue weighted by atomic mass is 10.1. The molecule has 0 amide bonds. The van der Waals surface area contributed by atoms with Crippen molar-refractivity contribution < 1.29 is 0 Å². The molecule has 2 aromatic rings. The normalized spacial score (nSPS) is 16.5. The molecule has 1 fully saturated rings. The quantitative estimate of drug-likeness (QED) is 0.896. The van der Waals surface area contributed by atoms with Gasteiger partial charge in [0, 0.05) is 35.2 Å². The van der Waals surface area contributed by atoms with E-state index in [4.69, 9.17) is 11.6 Å². The lowest BCUT2D eigenvalue weighted by Gasteiger charge is -2.10. The molecule has 1 aromatic carbocycles. The zero-order valence-corrected chi connectivity index (χ0v) is 12.2. The van der Waals surface area contributed by atoms with Crippen LogP contribution in [0.1, 0.15) is 31.2 Å². The van der Waals surface area contributed by atoms with Crippen LogP contribution in [0.5, 0.6) is 0 Å². The number of aromatic nitrogens is 1. The van der Waals surface area contributed by atoms with Crippen LogP contribution in [0.2, 0.25) is 5.02 Å². The number of halogens is 1. The Labute approximate surface area is 119 Å². The molecule has 3 heteroatoms. The highest BCUT2D eigenvalue weighted by atomic mass is 35.5.